The van der Waals surface area contributed by atoms with Crippen LogP contribution in [0.3, 0.4) is 0 Å². The monoisotopic (exact) mass is 280 g/mol. The summed E-state index contributed by atoms with van der Waals surface area (Å²) in [5.41, 5.74) is 3.19. The van der Waals surface area contributed by atoms with E-state index < -0.39 is 0 Å². The van der Waals surface area contributed by atoms with E-state index in [9.17, 15) is 10.4 Å². The van der Waals surface area contributed by atoms with Crippen LogP contribution in [-0.4, -0.2) is 11.7 Å². The van der Waals surface area contributed by atoms with Crippen molar-refractivity contribution < 1.29 is 5.11 Å². The lowest BCUT2D eigenvalue weighted by atomic mass is 9.87. The van der Waals surface area contributed by atoms with Crippen LogP contribution < -0.4 is 4.90 Å². The molecular formula is C18H20N2O. The van der Waals surface area contributed by atoms with E-state index in [1.54, 1.807) is 12.1 Å². The predicted octanol–water partition coefficient (Wildman–Crippen LogP) is 4.21. The van der Waals surface area contributed by atoms with Crippen LogP contribution in [0.5, 0.6) is 5.75 Å². The van der Waals surface area contributed by atoms with Gasteiger partial charge in [0, 0.05) is 24.0 Å². The van der Waals surface area contributed by atoms with E-state index in [-0.39, 0.29) is 5.75 Å². The fraction of sp³-hybridized carbons (Fsp3) is 0.389. The predicted molar refractivity (Wildman–Crippen MR) is 84.8 cm³/mol. The second kappa shape index (κ2) is 5.65. The Morgan fingerprint density at radius 1 is 1.29 bits per heavy atom. The first-order valence-electron chi connectivity index (χ1n) is 7.60. The molecule has 0 amide bonds. The van der Waals surface area contributed by atoms with Crippen LogP contribution in [0, 0.1) is 17.2 Å². The molecular weight excluding hydrogens is 260 g/mol. The number of nitriles is 1. The molecule has 0 radical (unpaired) electrons. The van der Waals surface area contributed by atoms with Crippen LogP contribution in [0.1, 0.15) is 37.7 Å². The zero-order chi connectivity index (χ0) is 14.8. The Morgan fingerprint density at radius 2 is 2.05 bits per heavy atom. The Morgan fingerprint density at radius 3 is 2.76 bits per heavy atom. The van der Waals surface area contributed by atoms with Crippen LogP contribution in [0.2, 0.25) is 0 Å². The summed E-state index contributed by atoms with van der Waals surface area (Å²) in [6.07, 6.45) is 8.40. The van der Waals surface area contributed by atoms with Crippen LogP contribution in [-0.2, 0) is 0 Å². The molecule has 0 aromatic heterocycles. The van der Waals surface area contributed by atoms with E-state index in [0.717, 1.165) is 17.8 Å². The normalized spacial score (nSPS) is 18.9. The summed E-state index contributed by atoms with van der Waals surface area (Å²) in [4.78, 5) is 2.16. The lowest BCUT2D eigenvalue weighted by molar-refractivity contribution is 0.364. The third-order valence-corrected chi connectivity index (χ3v) is 4.52. The number of rotatable bonds is 2. The molecule has 1 fully saturated rings. The Kier molecular flexibility index (Phi) is 3.70. The maximum absolute atomic E-state index is 9.71. The standard InChI is InChI=1S/C18H20N2O/c1-13-15(10-19)12-20(11-14-5-3-2-4-6-14)18-8-7-16(21)9-17(13)18/h7-9,12,14,21H,1-6,11H2. The Labute approximate surface area is 125 Å². The minimum Gasteiger partial charge on any atom is -0.508 e. The van der Waals surface area contributed by atoms with Gasteiger partial charge in [0.2, 0.25) is 0 Å². The summed E-state index contributed by atoms with van der Waals surface area (Å²) in [5, 5.41) is 19.0. The molecule has 1 aliphatic carbocycles. The quantitative estimate of drug-likeness (QED) is 0.882. The van der Waals surface area contributed by atoms with Gasteiger partial charge < -0.3 is 10.0 Å². The van der Waals surface area contributed by atoms with Gasteiger partial charge in [-0.25, -0.2) is 0 Å². The minimum absolute atomic E-state index is 0.215. The maximum atomic E-state index is 9.71. The Balaban J connectivity index is 1.93. The molecule has 0 saturated heterocycles. The summed E-state index contributed by atoms with van der Waals surface area (Å²) >= 11 is 0. The van der Waals surface area contributed by atoms with Crippen molar-refractivity contribution in [1.82, 2.24) is 0 Å². The summed E-state index contributed by atoms with van der Waals surface area (Å²) in [6, 6.07) is 7.54. The van der Waals surface area contributed by atoms with E-state index in [4.69, 9.17) is 0 Å². The molecule has 2 aliphatic rings. The van der Waals surface area contributed by atoms with Crippen LogP contribution >= 0.6 is 0 Å². The summed E-state index contributed by atoms with van der Waals surface area (Å²) in [7, 11) is 0. The molecule has 1 saturated carbocycles. The first-order valence-corrected chi connectivity index (χ1v) is 7.60. The van der Waals surface area contributed by atoms with E-state index in [0.29, 0.717) is 17.1 Å². The molecule has 0 atom stereocenters. The number of nitrogens with zero attached hydrogens (tertiary/aromatic N) is 2. The van der Waals surface area contributed by atoms with Gasteiger partial charge in [0.1, 0.15) is 11.8 Å². The van der Waals surface area contributed by atoms with Gasteiger partial charge in [-0.2, -0.15) is 5.26 Å². The summed E-state index contributed by atoms with van der Waals surface area (Å²) < 4.78 is 0. The number of phenolic OH excluding ortho intramolecular Hbond substituents is 1. The van der Waals surface area contributed by atoms with Crippen molar-refractivity contribution in [2.45, 2.75) is 32.1 Å². The number of hydrogen-bond acceptors (Lipinski definition) is 3. The molecule has 1 N–H and O–H groups in total. The maximum Gasteiger partial charge on any atom is 0.116 e. The highest BCUT2D eigenvalue weighted by Crippen LogP contribution is 2.39. The van der Waals surface area contributed by atoms with E-state index in [1.807, 2.05) is 12.3 Å². The lowest BCUT2D eigenvalue weighted by Gasteiger charge is -2.33. The van der Waals surface area contributed by atoms with Gasteiger partial charge in [0.25, 0.3) is 0 Å². The van der Waals surface area contributed by atoms with Crippen molar-refractivity contribution in [3.8, 4) is 11.8 Å². The largest absolute Gasteiger partial charge is 0.508 e. The molecule has 1 aromatic carbocycles. The van der Waals surface area contributed by atoms with Crippen molar-refractivity contribution in [1.29, 1.82) is 5.26 Å². The number of aromatic hydroxyl groups is 1. The molecule has 1 aromatic rings. The number of anilines is 1. The number of fused-ring (bicyclic) bond motifs is 1. The Bertz CT molecular complexity index is 633. The van der Waals surface area contributed by atoms with Gasteiger partial charge in [0.15, 0.2) is 0 Å². The van der Waals surface area contributed by atoms with E-state index in [2.05, 4.69) is 17.5 Å². The average Bonchev–Trinajstić information content (AvgIpc) is 2.51. The third kappa shape index (κ3) is 2.67. The number of benzene rings is 1. The van der Waals surface area contributed by atoms with Gasteiger partial charge >= 0.3 is 0 Å². The molecule has 1 heterocycles. The zero-order valence-electron chi connectivity index (χ0n) is 12.2. The fourth-order valence-electron chi connectivity index (χ4n) is 3.36. The van der Waals surface area contributed by atoms with Crippen molar-refractivity contribution in [3.05, 3.63) is 42.1 Å². The molecule has 0 spiro atoms. The smallest absolute Gasteiger partial charge is 0.116 e. The molecule has 108 valence electrons. The van der Waals surface area contributed by atoms with Gasteiger partial charge in [-0.05, 0) is 42.5 Å². The van der Waals surface area contributed by atoms with Gasteiger partial charge in [-0.3, -0.25) is 0 Å². The SMILES string of the molecule is C=C1C(C#N)=CN(CC2CCCCC2)c2ccc(O)cc21. The van der Waals surface area contributed by atoms with E-state index >= 15 is 0 Å². The van der Waals surface area contributed by atoms with Crippen molar-refractivity contribution >= 4 is 11.3 Å². The van der Waals surface area contributed by atoms with Crippen molar-refractivity contribution in [3.63, 3.8) is 0 Å². The number of phenols is 1. The highest BCUT2D eigenvalue weighted by Gasteiger charge is 2.24. The first kappa shape index (κ1) is 13.8. The first-order chi connectivity index (χ1) is 10.2. The molecule has 3 nitrogen and oxygen atoms in total. The highest BCUT2D eigenvalue weighted by molar-refractivity contribution is 5.91. The number of hydrogen-bond donors (Lipinski definition) is 1. The number of allylic oxidation sites excluding steroid dienone is 2. The van der Waals surface area contributed by atoms with Crippen LogP contribution in [0.15, 0.2) is 36.6 Å². The zero-order valence-corrected chi connectivity index (χ0v) is 12.2. The summed E-state index contributed by atoms with van der Waals surface area (Å²) in [6.45, 7) is 4.94. The van der Waals surface area contributed by atoms with Crippen molar-refractivity contribution in [2.75, 3.05) is 11.4 Å². The topological polar surface area (TPSA) is 47.3 Å². The van der Waals surface area contributed by atoms with Gasteiger partial charge in [0.05, 0.1) is 5.57 Å². The molecule has 3 rings (SSSR count). The second-order valence-corrected chi connectivity index (χ2v) is 5.99. The lowest BCUT2D eigenvalue weighted by Crippen LogP contribution is -2.29. The van der Waals surface area contributed by atoms with Crippen LogP contribution in [0.25, 0.3) is 5.57 Å². The average molecular weight is 280 g/mol. The molecule has 3 heteroatoms. The van der Waals surface area contributed by atoms with Crippen LogP contribution in [0.4, 0.5) is 5.69 Å². The third-order valence-electron chi connectivity index (χ3n) is 4.52. The molecule has 0 bridgehead atoms. The molecule has 1 aliphatic heterocycles. The van der Waals surface area contributed by atoms with E-state index in [1.165, 1.54) is 32.1 Å². The fourth-order valence-corrected chi connectivity index (χ4v) is 3.36. The minimum atomic E-state index is 0.215. The highest BCUT2D eigenvalue weighted by atomic mass is 16.3. The Hall–Kier alpha value is -2.21. The molecule has 21 heavy (non-hydrogen) atoms. The van der Waals surface area contributed by atoms with Crippen molar-refractivity contribution in [2.24, 2.45) is 5.92 Å². The van der Waals surface area contributed by atoms with Gasteiger partial charge in [-0.1, -0.05) is 25.8 Å². The summed E-state index contributed by atoms with van der Waals surface area (Å²) in [5.74, 6) is 0.898. The second-order valence-electron chi connectivity index (χ2n) is 5.99. The molecule has 0 unspecified atom stereocenters. The van der Waals surface area contributed by atoms with Gasteiger partial charge in [-0.15, -0.1) is 0 Å².